The number of fused-ring (bicyclic) bond motifs is 1. The zero-order chi connectivity index (χ0) is 23.9. The molecule has 3 aromatic rings. The first-order chi connectivity index (χ1) is 16.3. The molecule has 1 N–H and O–H groups in total. The Bertz CT molecular complexity index is 1350. The molecule has 2 atom stereocenters. The number of aromatic nitrogens is 1. The number of carbonyl (C=O) groups is 1. The van der Waals surface area contributed by atoms with Gasteiger partial charge in [-0.15, -0.1) is 0 Å². The van der Waals surface area contributed by atoms with Gasteiger partial charge in [-0.3, -0.25) is 4.79 Å². The number of nitrogens with one attached hydrogen (secondary N) is 1. The molecule has 5 rings (SSSR count). The third-order valence-corrected chi connectivity index (χ3v) is 8.36. The van der Waals surface area contributed by atoms with Gasteiger partial charge in [0.2, 0.25) is 10.0 Å². The molecule has 2 unspecified atom stereocenters. The molecule has 0 saturated carbocycles. The molecule has 2 aliphatic heterocycles. The number of hydrogen-bond donors (Lipinski definition) is 1. The predicted molar refractivity (Wildman–Crippen MR) is 132 cm³/mol. The first-order valence-electron chi connectivity index (χ1n) is 11.6. The topological polar surface area (TPSA) is 82.7 Å². The van der Waals surface area contributed by atoms with Gasteiger partial charge in [0.1, 0.15) is 0 Å². The number of ether oxygens (including phenoxy) is 1. The minimum absolute atomic E-state index is 0.145. The van der Waals surface area contributed by atoms with E-state index in [1.54, 1.807) is 23.1 Å². The SMILES string of the molecule is CC1CN(S(=O)(=O)c2cccc(C(=O)N3CC=C(c4c[nH]c5ccccc45)CC3)c2)CC(C)O1. The Morgan fingerprint density at radius 1 is 1.06 bits per heavy atom. The van der Waals surface area contributed by atoms with E-state index in [-0.39, 0.29) is 23.0 Å². The molecular weight excluding hydrogens is 450 g/mol. The van der Waals surface area contributed by atoms with Gasteiger partial charge in [-0.2, -0.15) is 4.31 Å². The number of amides is 1. The summed E-state index contributed by atoms with van der Waals surface area (Å²) >= 11 is 0. The van der Waals surface area contributed by atoms with Crippen LogP contribution < -0.4 is 0 Å². The normalized spacial score (nSPS) is 22.1. The van der Waals surface area contributed by atoms with Crippen molar-refractivity contribution in [1.29, 1.82) is 0 Å². The standard InChI is InChI=1S/C26H29N3O4S/c1-18-16-29(17-19(2)33-18)34(31,32)22-7-5-6-21(14-22)26(30)28-12-10-20(11-13-28)24-15-27-25-9-4-3-8-23(24)25/h3-10,14-15,18-19,27H,11-13,16-17H2,1-2H3. The van der Waals surface area contributed by atoms with E-state index in [4.69, 9.17) is 4.74 Å². The summed E-state index contributed by atoms with van der Waals surface area (Å²) in [5.74, 6) is -0.157. The molecule has 1 amide bonds. The Morgan fingerprint density at radius 2 is 1.82 bits per heavy atom. The minimum atomic E-state index is -3.71. The molecule has 34 heavy (non-hydrogen) atoms. The van der Waals surface area contributed by atoms with Crippen LogP contribution in [0.3, 0.4) is 0 Å². The third-order valence-electron chi connectivity index (χ3n) is 6.54. The second-order valence-corrected chi connectivity index (χ2v) is 11.0. The first-order valence-corrected chi connectivity index (χ1v) is 13.1. The summed E-state index contributed by atoms with van der Waals surface area (Å²) in [6, 6.07) is 14.6. The van der Waals surface area contributed by atoms with Crippen LogP contribution in [0.25, 0.3) is 16.5 Å². The van der Waals surface area contributed by atoms with Gasteiger partial charge in [0, 0.05) is 54.4 Å². The highest BCUT2D eigenvalue weighted by Crippen LogP contribution is 2.30. The van der Waals surface area contributed by atoms with Crippen molar-refractivity contribution in [3.8, 4) is 0 Å². The van der Waals surface area contributed by atoms with E-state index in [1.807, 2.05) is 32.2 Å². The quantitative estimate of drug-likeness (QED) is 0.615. The van der Waals surface area contributed by atoms with E-state index in [1.165, 1.54) is 26.9 Å². The molecule has 2 aromatic carbocycles. The maximum atomic E-state index is 13.2. The maximum Gasteiger partial charge on any atom is 0.254 e. The van der Waals surface area contributed by atoms with Crippen molar-refractivity contribution < 1.29 is 17.9 Å². The van der Waals surface area contributed by atoms with E-state index in [2.05, 4.69) is 23.2 Å². The van der Waals surface area contributed by atoms with E-state index in [0.29, 0.717) is 31.7 Å². The largest absolute Gasteiger partial charge is 0.373 e. The summed E-state index contributed by atoms with van der Waals surface area (Å²) in [4.78, 5) is 18.4. The van der Waals surface area contributed by atoms with Crippen LogP contribution in [0.2, 0.25) is 0 Å². The number of benzene rings is 2. The van der Waals surface area contributed by atoms with Gasteiger partial charge in [-0.25, -0.2) is 8.42 Å². The monoisotopic (exact) mass is 479 g/mol. The van der Waals surface area contributed by atoms with Gasteiger partial charge in [0.05, 0.1) is 17.1 Å². The van der Waals surface area contributed by atoms with Crippen molar-refractivity contribution in [2.24, 2.45) is 0 Å². The van der Waals surface area contributed by atoms with Crippen molar-refractivity contribution in [2.75, 3.05) is 26.2 Å². The smallest absolute Gasteiger partial charge is 0.254 e. The number of rotatable bonds is 4. The van der Waals surface area contributed by atoms with Gasteiger partial charge >= 0.3 is 0 Å². The summed E-state index contributed by atoms with van der Waals surface area (Å²) in [5, 5.41) is 1.18. The Morgan fingerprint density at radius 3 is 2.56 bits per heavy atom. The average molecular weight is 480 g/mol. The van der Waals surface area contributed by atoms with Crippen LogP contribution >= 0.6 is 0 Å². The van der Waals surface area contributed by atoms with E-state index >= 15 is 0 Å². The van der Waals surface area contributed by atoms with Crippen molar-refractivity contribution in [3.05, 3.63) is 71.9 Å². The highest BCUT2D eigenvalue weighted by atomic mass is 32.2. The van der Waals surface area contributed by atoms with Crippen molar-refractivity contribution >= 4 is 32.4 Å². The molecule has 7 nitrogen and oxygen atoms in total. The van der Waals surface area contributed by atoms with Crippen LogP contribution in [0.5, 0.6) is 0 Å². The molecule has 1 fully saturated rings. The molecule has 178 valence electrons. The number of nitrogens with zero attached hydrogens (tertiary/aromatic N) is 2. The molecule has 0 aliphatic carbocycles. The van der Waals surface area contributed by atoms with E-state index in [0.717, 1.165) is 11.9 Å². The fourth-order valence-electron chi connectivity index (χ4n) is 4.88. The molecular formula is C26H29N3O4S. The van der Waals surface area contributed by atoms with Gasteiger partial charge in [0.15, 0.2) is 0 Å². The highest BCUT2D eigenvalue weighted by molar-refractivity contribution is 7.89. The summed E-state index contributed by atoms with van der Waals surface area (Å²) in [6.07, 6.45) is 4.52. The number of para-hydroxylation sites is 1. The zero-order valence-electron chi connectivity index (χ0n) is 19.4. The first kappa shape index (κ1) is 22.8. The highest BCUT2D eigenvalue weighted by Gasteiger charge is 2.32. The van der Waals surface area contributed by atoms with Crippen molar-refractivity contribution in [1.82, 2.24) is 14.2 Å². The Balaban J connectivity index is 1.33. The van der Waals surface area contributed by atoms with Crippen LogP contribution in [0.4, 0.5) is 0 Å². The maximum absolute atomic E-state index is 13.2. The second kappa shape index (κ2) is 9.02. The van der Waals surface area contributed by atoms with E-state index < -0.39 is 10.0 Å². The lowest BCUT2D eigenvalue weighted by atomic mass is 9.98. The number of sulfonamides is 1. The van der Waals surface area contributed by atoms with Gasteiger partial charge < -0.3 is 14.6 Å². The molecule has 0 bridgehead atoms. The van der Waals surface area contributed by atoms with Crippen molar-refractivity contribution in [3.63, 3.8) is 0 Å². The Hall–Kier alpha value is -2.94. The van der Waals surface area contributed by atoms with Crippen LogP contribution in [-0.2, 0) is 14.8 Å². The summed E-state index contributed by atoms with van der Waals surface area (Å²) < 4.78 is 33.6. The lowest BCUT2D eigenvalue weighted by Gasteiger charge is -2.34. The Kier molecular flexibility index (Phi) is 6.06. The molecule has 2 aliphatic rings. The molecule has 3 heterocycles. The van der Waals surface area contributed by atoms with Crippen LogP contribution in [0, 0.1) is 0 Å². The summed E-state index contributed by atoms with van der Waals surface area (Å²) in [7, 11) is -3.71. The number of carbonyl (C=O) groups excluding carboxylic acids is 1. The van der Waals surface area contributed by atoms with Gasteiger partial charge in [0.25, 0.3) is 5.91 Å². The number of aromatic amines is 1. The number of morpholine rings is 1. The zero-order valence-corrected chi connectivity index (χ0v) is 20.2. The lowest BCUT2D eigenvalue weighted by Crippen LogP contribution is -2.48. The molecule has 1 aromatic heterocycles. The van der Waals surface area contributed by atoms with Crippen LogP contribution in [0.15, 0.2) is 65.7 Å². The van der Waals surface area contributed by atoms with Gasteiger partial charge in [-0.1, -0.05) is 30.3 Å². The molecule has 8 heteroatoms. The fraction of sp³-hybridized carbons (Fsp3) is 0.346. The number of H-pyrrole nitrogens is 1. The molecule has 1 saturated heterocycles. The van der Waals surface area contributed by atoms with E-state index in [9.17, 15) is 13.2 Å². The summed E-state index contributed by atoms with van der Waals surface area (Å²) in [5.41, 5.74) is 3.87. The summed E-state index contributed by atoms with van der Waals surface area (Å²) in [6.45, 7) is 5.42. The minimum Gasteiger partial charge on any atom is -0.373 e. The predicted octanol–water partition coefficient (Wildman–Crippen LogP) is 3.90. The molecule has 0 spiro atoms. The van der Waals surface area contributed by atoms with Crippen molar-refractivity contribution in [2.45, 2.75) is 37.4 Å². The average Bonchev–Trinajstić information content (AvgIpc) is 3.27. The lowest BCUT2D eigenvalue weighted by molar-refractivity contribution is -0.0440. The van der Waals surface area contributed by atoms with Crippen LogP contribution in [-0.4, -0.2) is 66.9 Å². The molecule has 0 radical (unpaired) electrons. The fourth-order valence-corrected chi connectivity index (χ4v) is 6.52. The Labute approximate surface area is 200 Å². The third kappa shape index (κ3) is 4.29. The number of hydrogen-bond acceptors (Lipinski definition) is 4. The van der Waals surface area contributed by atoms with Crippen LogP contribution in [0.1, 0.15) is 36.2 Å². The second-order valence-electron chi connectivity index (χ2n) is 9.09. The van der Waals surface area contributed by atoms with Gasteiger partial charge in [-0.05, 0) is 50.1 Å².